The summed E-state index contributed by atoms with van der Waals surface area (Å²) < 4.78 is 11.9. The van der Waals surface area contributed by atoms with Crippen molar-refractivity contribution in [3.05, 3.63) is 58.1 Å². The Morgan fingerprint density at radius 2 is 1.76 bits per heavy atom. The summed E-state index contributed by atoms with van der Waals surface area (Å²) >= 11 is 3.49. The van der Waals surface area contributed by atoms with Crippen molar-refractivity contribution in [1.29, 1.82) is 0 Å². The smallest absolute Gasteiger partial charge is 0.134 e. The molecule has 0 bridgehead atoms. The predicted molar refractivity (Wildman–Crippen MR) is 88.8 cm³/mol. The predicted octanol–water partition coefficient (Wildman–Crippen LogP) is 4.15. The number of nitrogens with one attached hydrogen (secondary N) is 1. The molecule has 0 atom stereocenters. The van der Waals surface area contributed by atoms with Crippen LogP contribution in [0, 0.1) is 0 Å². The molecule has 2 aromatic carbocycles. The fourth-order valence-corrected chi connectivity index (χ4v) is 2.38. The summed E-state index contributed by atoms with van der Waals surface area (Å²) in [5.74, 6) is 1.62. The molecule has 3 nitrogen and oxygen atoms in total. The Morgan fingerprint density at radius 1 is 1.05 bits per heavy atom. The average Bonchev–Trinajstić information content (AvgIpc) is 2.52. The first kappa shape index (κ1) is 15.9. The molecule has 2 aromatic rings. The summed E-state index contributed by atoms with van der Waals surface area (Å²) in [5.41, 5.74) is 2.43. The minimum Gasteiger partial charge on any atom is -0.497 e. The van der Waals surface area contributed by atoms with Gasteiger partial charge in [0.15, 0.2) is 0 Å². The van der Waals surface area contributed by atoms with E-state index in [1.165, 1.54) is 5.56 Å². The van der Waals surface area contributed by atoms with E-state index >= 15 is 0 Å². The normalized spacial score (nSPS) is 10.4. The van der Waals surface area contributed by atoms with Crippen LogP contribution in [0.4, 0.5) is 0 Å². The number of halogens is 1. The van der Waals surface area contributed by atoms with E-state index in [0.29, 0.717) is 6.61 Å². The van der Waals surface area contributed by atoms with Crippen molar-refractivity contribution in [2.24, 2.45) is 0 Å². The third kappa shape index (κ3) is 4.76. The Kier molecular flexibility index (Phi) is 6.08. The highest BCUT2D eigenvalue weighted by Crippen LogP contribution is 2.29. The molecule has 0 amide bonds. The number of methoxy groups -OCH3 is 1. The SMILES string of the molecule is CCNCc1ccc(COc2ccc(OC)cc2Br)cc1. The van der Waals surface area contributed by atoms with Crippen LogP contribution in [0.15, 0.2) is 46.9 Å². The fraction of sp³-hybridized carbons (Fsp3) is 0.294. The van der Waals surface area contributed by atoms with E-state index in [-0.39, 0.29) is 0 Å². The lowest BCUT2D eigenvalue weighted by Gasteiger charge is -2.10. The maximum absolute atomic E-state index is 5.83. The Balaban J connectivity index is 1.93. The zero-order valence-corrected chi connectivity index (χ0v) is 13.9. The van der Waals surface area contributed by atoms with Crippen LogP contribution < -0.4 is 14.8 Å². The van der Waals surface area contributed by atoms with E-state index in [9.17, 15) is 0 Å². The first-order valence-electron chi connectivity index (χ1n) is 6.97. The summed E-state index contributed by atoms with van der Waals surface area (Å²) in [7, 11) is 1.65. The number of rotatable bonds is 7. The molecule has 0 radical (unpaired) electrons. The molecule has 0 spiro atoms. The molecule has 0 fully saturated rings. The molecular formula is C17H20BrNO2. The van der Waals surface area contributed by atoms with Gasteiger partial charge in [-0.05, 0) is 51.8 Å². The highest BCUT2D eigenvalue weighted by Gasteiger charge is 2.03. The second-order valence-corrected chi connectivity index (χ2v) is 5.54. The molecule has 0 saturated carbocycles. The Bertz CT molecular complexity index is 570. The lowest BCUT2D eigenvalue weighted by molar-refractivity contribution is 0.303. The maximum Gasteiger partial charge on any atom is 0.134 e. The molecule has 112 valence electrons. The monoisotopic (exact) mass is 349 g/mol. The molecule has 2 rings (SSSR count). The summed E-state index contributed by atoms with van der Waals surface area (Å²) in [4.78, 5) is 0. The van der Waals surface area contributed by atoms with Gasteiger partial charge in [0.25, 0.3) is 0 Å². The Morgan fingerprint density at radius 3 is 2.38 bits per heavy atom. The van der Waals surface area contributed by atoms with Gasteiger partial charge in [0, 0.05) is 6.54 Å². The minimum absolute atomic E-state index is 0.548. The van der Waals surface area contributed by atoms with Crippen molar-refractivity contribution in [2.45, 2.75) is 20.1 Å². The van der Waals surface area contributed by atoms with Crippen LogP contribution in [-0.2, 0) is 13.2 Å². The van der Waals surface area contributed by atoms with Gasteiger partial charge < -0.3 is 14.8 Å². The van der Waals surface area contributed by atoms with Crippen molar-refractivity contribution < 1.29 is 9.47 Å². The molecule has 0 aromatic heterocycles. The molecular weight excluding hydrogens is 330 g/mol. The van der Waals surface area contributed by atoms with Gasteiger partial charge in [0.05, 0.1) is 11.6 Å². The van der Waals surface area contributed by atoms with Crippen LogP contribution in [-0.4, -0.2) is 13.7 Å². The first-order chi connectivity index (χ1) is 10.2. The molecule has 1 N–H and O–H groups in total. The Hall–Kier alpha value is -1.52. The van der Waals surface area contributed by atoms with Gasteiger partial charge in [-0.3, -0.25) is 0 Å². The highest BCUT2D eigenvalue weighted by atomic mass is 79.9. The first-order valence-corrected chi connectivity index (χ1v) is 7.77. The summed E-state index contributed by atoms with van der Waals surface area (Å²) in [6.45, 7) is 4.54. The summed E-state index contributed by atoms with van der Waals surface area (Å²) in [6.07, 6.45) is 0. The standard InChI is InChI=1S/C17H20BrNO2/c1-3-19-11-13-4-6-14(7-5-13)12-21-17-9-8-15(20-2)10-16(17)18/h4-10,19H,3,11-12H2,1-2H3. The molecule has 0 unspecified atom stereocenters. The average molecular weight is 350 g/mol. The summed E-state index contributed by atoms with van der Waals surface area (Å²) in [6, 6.07) is 14.2. The van der Waals surface area contributed by atoms with E-state index < -0.39 is 0 Å². The summed E-state index contributed by atoms with van der Waals surface area (Å²) in [5, 5.41) is 3.31. The minimum atomic E-state index is 0.548. The molecule has 0 aliphatic carbocycles. The van der Waals surface area contributed by atoms with E-state index in [1.54, 1.807) is 7.11 Å². The lowest BCUT2D eigenvalue weighted by Crippen LogP contribution is -2.11. The third-order valence-corrected chi connectivity index (χ3v) is 3.76. The van der Waals surface area contributed by atoms with Crippen molar-refractivity contribution in [3.8, 4) is 11.5 Å². The number of ether oxygens (including phenoxy) is 2. The fourth-order valence-electron chi connectivity index (χ4n) is 1.91. The highest BCUT2D eigenvalue weighted by molar-refractivity contribution is 9.10. The second kappa shape index (κ2) is 8.05. The van der Waals surface area contributed by atoms with Gasteiger partial charge in [-0.25, -0.2) is 0 Å². The molecule has 0 aliphatic rings. The topological polar surface area (TPSA) is 30.5 Å². The Labute approximate surface area is 134 Å². The van der Waals surface area contributed by atoms with Crippen molar-refractivity contribution in [1.82, 2.24) is 5.32 Å². The van der Waals surface area contributed by atoms with Crippen LogP contribution in [0.3, 0.4) is 0 Å². The maximum atomic E-state index is 5.83. The number of benzene rings is 2. The van der Waals surface area contributed by atoms with Gasteiger partial charge in [-0.1, -0.05) is 31.2 Å². The molecule has 0 aliphatic heterocycles. The van der Waals surface area contributed by atoms with Gasteiger partial charge in [-0.2, -0.15) is 0 Å². The largest absolute Gasteiger partial charge is 0.497 e. The van der Waals surface area contributed by atoms with Crippen molar-refractivity contribution >= 4 is 15.9 Å². The molecule has 0 saturated heterocycles. The lowest BCUT2D eigenvalue weighted by atomic mass is 10.1. The quantitative estimate of drug-likeness (QED) is 0.814. The number of hydrogen-bond acceptors (Lipinski definition) is 3. The molecule has 21 heavy (non-hydrogen) atoms. The van der Waals surface area contributed by atoms with Gasteiger partial charge >= 0.3 is 0 Å². The zero-order valence-electron chi connectivity index (χ0n) is 12.4. The number of hydrogen-bond donors (Lipinski definition) is 1. The van der Waals surface area contributed by atoms with Crippen LogP contribution in [0.1, 0.15) is 18.1 Å². The van der Waals surface area contributed by atoms with Crippen LogP contribution >= 0.6 is 15.9 Å². The van der Waals surface area contributed by atoms with Gasteiger partial charge in [0.1, 0.15) is 18.1 Å². The van der Waals surface area contributed by atoms with E-state index in [2.05, 4.69) is 52.4 Å². The van der Waals surface area contributed by atoms with Crippen LogP contribution in [0.5, 0.6) is 11.5 Å². The zero-order chi connectivity index (χ0) is 15.1. The van der Waals surface area contributed by atoms with Gasteiger partial charge in [0.2, 0.25) is 0 Å². The van der Waals surface area contributed by atoms with Crippen molar-refractivity contribution in [2.75, 3.05) is 13.7 Å². The van der Waals surface area contributed by atoms with E-state index in [0.717, 1.165) is 34.6 Å². The third-order valence-electron chi connectivity index (χ3n) is 3.14. The second-order valence-electron chi connectivity index (χ2n) is 4.68. The van der Waals surface area contributed by atoms with Crippen molar-refractivity contribution in [3.63, 3.8) is 0 Å². The molecule has 0 heterocycles. The van der Waals surface area contributed by atoms with Crippen LogP contribution in [0.2, 0.25) is 0 Å². The van der Waals surface area contributed by atoms with E-state index in [4.69, 9.17) is 9.47 Å². The molecule has 4 heteroatoms. The van der Waals surface area contributed by atoms with E-state index in [1.807, 2.05) is 18.2 Å². The van der Waals surface area contributed by atoms with Gasteiger partial charge in [-0.15, -0.1) is 0 Å². The van der Waals surface area contributed by atoms with Crippen LogP contribution in [0.25, 0.3) is 0 Å².